The van der Waals surface area contributed by atoms with Crippen molar-refractivity contribution in [2.45, 2.75) is 137 Å². The highest BCUT2D eigenvalue weighted by atomic mass is 16.7. The molecule has 0 spiro atoms. The molecule has 174 valence electrons. The summed E-state index contributed by atoms with van der Waals surface area (Å²) >= 11 is 0. The van der Waals surface area contributed by atoms with Crippen molar-refractivity contribution in [3.8, 4) is 0 Å². The van der Waals surface area contributed by atoms with Gasteiger partial charge in [0.15, 0.2) is 0 Å². The lowest BCUT2D eigenvalue weighted by Gasteiger charge is -2.32. The van der Waals surface area contributed by atoms with Crippen molar-refractivity contribution in [2.75, 3.05) is 0 Å². The van der Waals surface area contributed by atoms with E-state index in [0.29, 0.717) is 0 Å². The normalized spacial score (nSPS) is 29.1. The minimum absolute atomic E-state index is 0.0648. The molecule has 0 N–H and O–H groups in total. The quantitative estimate of drug-likeness (QED) is 0.552. The van der Waals surface area contributed by atoms with Gasteiger partial charge < -0.3 is 27.9 Å². The predicted octanol–water partition coefficient (Wildman–Crippen LogP) is 4.98. The van der Waals surface area contributed by atoms with E-state index in [1.807, 2.05) is 76.1 Å². The van der Waals surface area contributed by atoms with Gasteiger partial charge in [-0.25, -0.2) is 0 Å². The Kier molecular flexibility index (Phi) is 8.13. The van der Waals surface area contributed by atoms with Crippen LogP contribution < -0.4 is 0 Å². The molecule has 0 aromatic rings. The Balaban J connectivity index is 0.000000318. The van der Waals surface area contributed by atoms with Crippen LogP contribution in [0, 0.1) is 0 Å². The van der Waals surface area contributed by atoms with Crippen LogP contribution in [0.25, 0.3) is 0 Å². The van der Waals surface area contributed by atoms with E-state index >= 15 is 0 Å². The molecule has 3 heterocycles. The minimum Gasteiger partial charge on any atom is -0.405 e. The van der Waals surface area contributed by atoms with Gasteiger partial charge in [-0.05, 0) is 89.9 Å². The topological polar surface area (TPSA) is 55.4 Å². The Morgan fingerprint density at radius 3 is 0.667 bits per heavy atom. The lowest BCUT2D eigenvalue weighted by atomic mass is 9.49. The Hall–Kier alpha value is -0.0452. The molecule has 0 amide bonds. The van der Waals surface area contributed by atoms with E-state index in [9.17, 15) is 0 Å². The molecule has 0 aromatic heterocycles. The Morgan fingerprint density at radius 1 is 0.367 bits per heavy atom. The van der Waals surface area contributed by atoms with Gasteiger partial charge in [-0.1, -0.05) is 13.8 Å². The first-order valence-corrected chi connectivity index (χ1v) is 11.3. The molecule has 3 rings (SSSR count). The number of rotatable bonds is 1. The molecule has 0 unspecified atom stereocenters. The highest BCUT2D eigenvalue weighted by Gasteiger charge is 2.63. The van der Waals surface area contributed by atoms with Crippen molar-refractivity contribution < 1.29 is 27.9 Å². The molecule has 0 atom stereocenters. The molecule has 0 radical (unpaired) electrons. The lowest BCUT2D eigenvalue weighted by Crippen LogP contribution is -2.41. The van der Waals surface area contributed by atoms with Gasteiger partial charge in [0, 0.05) is 0 Å². The van der Waals surface area contributed by atoms with Gasteiger partial charge in [0.1, 0.15) is 0 Å². The summed E-state index contributed by atoms with van der Waals surface area (Å²) in [5.74, 6) is 0. The van der Waals surface area contributed by atoms with Crippen LogP contribution in [-0.4, -0.2) is 54.7 Å². The van der Waals surface area contributed by atoms with E-state index in [-0.39, 0.29) is 40.7 Å². The molecule has 0 saturated carbocycles. The van der Waals surface area contributed by atoms with Crippen LogP contribution >= 0.6 is 0 Å². The first-order valence-electron chi connectivity index (χ1n) is 11.3. The molecule has 3 aliphatic rings. The van der Waals surface area contributed by atoms with Crippen molar-refractivity contribution in [1.29, 1.82) is 0 Å². The Morgan fingerprint density at radius 2 is 0.533 bits per heavy atom. The highest BCUT2D eigenvalue weighted by molar-refractivity contribution is 7.11. The SMILES string of the molecule is CB1OC(C)(C)C(C)(C)O1.CC.CC1(C)OB(B2OC(C)(C)C(C)(C)O2)OC1(C)C. The number of hydrogen-bond donors (Lipinski definition) is 0. The molecule has 0 aromatic carbocycles. The van der Waals surface area contributed by atoms with E-state index < -0.39 is 14.0 Å². The zero-order chi connectivity index (χ0) is 24.0. The molecule has 0 aliphatic carbocycles. The van der Waals surface area contributed by atoms with E-state index in [1.165, 1.54) is 0 Å². The number of hydrogen-bond acceptors (Lipinski definition) is 6. The van der Waals surface area contributed by atoms with Gasteiger partial charge in [-0.2, -0.15) is 0 Å². The summed E-state index contributed by atoms with van der Waals surface area (Å²) in [5.41, 5.74) is -1.76. The zero-order valence-corrected chi connectivity index (χ0v) is 22.2. The third-order valence-electron chi connectivity index (χ3n) is 7.14. The summed E-state index contributed by atoms with van der Waals surface area (Å²) in [5, 5.41) is 0. The second-order valence-corrected chi connectivity index (χ2v) is 11.1. The van der Waals surface area contributed by atoms with Gasteiger partial charge in [0.2, 0.25) is 0 Å². The summed E-state index contributed by atoms with van der Waals surface area (Å²) < 4.78 is 34.9. The van der Waals surface area contributed by atoms with Gasteiger partial charge in [0.25, 0.3) is 0 Å². The van der Waals surface area contributed by atoms with Gasteiger partial charge in [0.05, 0.1) is 33.6 Å². The second kappa shape index (κ2) is 8.71. The molecule has 9 heteroatoms. The Labute approximate surface area is 186 Å². The molecule has 6 nitrogen and oxygen atoms in total. The van der Waals surface area contributed by atoms with Crippen molar-refractivity contribution in [3.63, 3.8) is 0 Å². The standard InChI is InChI=1S/C12H24B2O4.C7H15BO2.C2H6/c1-9(2)10(3,4)16-13(15-9)14-17-11(5,6)12(7,8)18-14;1-6(2)7(3,4)10-8(5)9-6;1-2/h1-8H3;1-5H3;1-2H3. The molecular formula is C21H45B3O6. The zero-order valence-electron chi connectivity index (χ0n) is 22.2. The molecular weight excluding hydrogens is 381 g/mol. The average Bonchev–Trinajstić information content (AvgIpc) is 2.96. The van der Waals surface area contributed by atoms with Crippen LogP contribution in [0.5, 0.6) is 0 Å². The molecule has 3 saturated heterocycles. The van der Waals surface area contributed by atoms with Crippen molar-refractivity contribution in [3.05, 3.63) is 0 Å². The summed E-state index contributed by atoms with van der Waals surface area (Å²) in [6.07, 6.45) is 0. The maximum atomic E-state index is 5.96. The average molecular weight is 426 g/mol. The molecule has 0 bridgehead atoms. The second-order valence-electron chi connectivity index (χ2n) is 11.1. The summed E-state index contributed by atoms with van der Waals surface area (Å²) in [6, 6.07) is 0. The van der Waals surface area contributed by atoms with Crippen LogP contribution in [-0.2, 0) is 27.9 Å². The maximum Gasteiger partial charge on any atom is 0.488 e. The van der Waals surface area contributed by atoms with Crippen molar-refractivity contribution >= 4 is 21.1 Å². The van der Waals surface area contributed by atoms with Gasteiger partial charge in [-0.3, -0.25) is 0 Å². The van der Waals surface area contributed by atoms with E-state index in [4.69, 9.17) is 27.9 Å². The molecule has 3 fully saturated rings. The maximum absolute atomic E-state index is 5.96. The summed E-state index contributed by atoms with van der Waals surface area (Å²) in [6.45, 7) is 30.3. The first kappa shape index (κ1) is 28.0. The predicted molar refractivity (Wildman–Crippen MR) is 125 cm³/mol. The first-order chi connectivity index (χ1) is 13.2. The smallest absolute Gasteiger partial charge is 0.405 e. The Bertz CT molecular complexity index is 507. The monoisotopic (exact) mass is 426 g/mol. The fraction of sp³-hybridized carbons (Fsp3) is 1.00. The van der Waals surface area contributed by atoms with Crippen LogP contribution in [0.4, 0.5) is 0 Å². The van der Waals surface area contributed by atoms with Crippen molar-refractivity contribution in [2.24, 2.45) is 0 Å². The fourth-order valence-electron chi connectivity index (χ4n) is 3.14. The third-order valence-corrected chi connectivity index (χ3v) is 7.14. The fourth-order valence-corrected chi connectivity index (χ4v) is 3.14. The third kappa shape index (κ3) is 5.47. The van der Waals surface area contributed by atoms with Crippen LogP contribution in [0.3, 0.4) is 0 Å². The van der Waals surface area contributed by atoms with Crippen molar-refractivity contribution in [1.82, 2.24) is 0 Å². The van der Waals surface area contributed by atoms with Gasteiger partial charge >= 0.3 is 21.1 Å². The minimum atomic E-state index is -0.476. The lowest BCUT2D eigenvalue weighted by molar-refractivity contribution is 0.00578. The van der Waals surface area contributed by atoms with E-state index in [1.54, 1.807) is 0 Å². The van der Waals surface area contributed by atoms with E-state index in [0.717, 1.165) is 0 Å². The van der Waals surface area contributed by atoms with E-state index in [2.05, 4.69) is 27.7 Å². The van der Waals surface area contributed by atoms with Crippen LogP contribution in [0.15, 0.2) is 0 Å². The van der Waals surface area contributed by atoms with Gasteiger partial charge in [-0.15, -0.1) is 0 Å². The summed E-state index contributed by atoms with van der Waals surface area (Å²) in [4.78, 5) is 0. The summed E-state index contributed by atoms with van der Waals surface area (Å²) in [7, 11) is -1.02. The van der Waals surface area contributed by atoms with Crippen LogP contribution in [0.1, 0.15) is 96.9 Å². The van der Waals surface area contributed by atoms with Crippen LogP contribution in [0.2, 0.25) is 6.82 Å². The molecule has 30 heavy (non-hydrogen) atoms. The highest BCUT2D eigenvalue weighted by Crippen LogP contribution is 2.43. The largest absolute Gasteiger partial charge is 0.488 e. The molecule has 3 aliphatic heterocycles.